The van der Waals surface area contributed by atoms with Crippen LogP contribution in [0.25, 0.3) is 0 Å². The van der Waals surface area contributed by atoms with E-state index < -0.39 is 0 Å². The van der Waals surface area contributed by atoms with Crippen molar-refractivity contribution in [3.63, 3.8) is 0 Å². The number of likely N-dealkylation sites (N-methyl/N-ethyl adjacent to an activating group) is 1. The smallest absolute Gasteiger partial charge is 0.317 e. The number of hydrogen-bond donors (Lipinski definition) is 1. The summed E-state index contributed by atoms with van der Waals surface area (Å²) in [5.41, 5.74) is 1.52. The van der Waals surface area contributed by atoms with E-state index in [4.69, 9.17) is 4.74 Å². The van der Waals surface area contributed by atoms with E-state index in [1.165, 1.54) is 5.56 Å². The minimum Gasteiger partial charge on any atom is -0.376 e. The quantitative estimate of drug-likeness (QED) is 0.908. The fourth-order valence-corrected chi connectivity index (χ4v) is 3.40. The molecule has 2 atom stereocenters. The van der Waals surface area contributed by atoms with Gasteiger partial charge in [0.1, 0.15) is 0 Å². The van der Waals surface area contributed by atoms with Gasteiger partial charge in [0.05, 0.1) is 12.1 Å². The van der Waals surface area contributed by atoms with Gasteiger partial charge in [-0.2, -0.15) is 0 Å². The first kappa shape index (κ1) is 15.3. The highest BCUT2D eigenvalue weighted by molar-refractivity contribution is 5.74. The highest BCUT2D eigenvalue weighted by Crippen LogP contribution is 2.48. The van der Waals surface area contributed by atoms with Gasteiger partial charge in [-0.05, 0) is 38.2 Å². The van der Waals surface area contributed by atoms with Gasteiger partial charge < -0.3 is 15.0 Å². The molecule has 0 aromatic heterocycles. The molecule has 0 radical (unpaired) electrons. The number of rotatable bonds is 5. The SMILES string of the molecule is CC(NC(=O)N(C)CC1(c2ccccc2)CC1)C1CCCO1. The summed E-state index contributed by atoms with van der Waals surface area (Å²) in [6, 6.07) is 10.6. The van der Waals surface area contributed by atoms with Crippen molar-refractivity contribution in [1.29, 1.82) is 0 Å². The molecule has 0 spiro atoms. The van der Waals surface area contributed by atoms with E-state index in [-0.39, 0.29) is 23.6 Å². The van der Waals surface area contributed by atoms with Crippen LogP contribution in [-0.4, -0.2) is 43.3 Å². The normalized spacial score (nSPS) is 23.8. The summed E-state index contributed by atoms with van der Waals surface area (Å²) in [6.45, 7) is 3.63. The maximum atomic E-state index is 12.4. The van der Waals surface area contributed by atoms with Gasteiger partial charge in [-0.1, -0.05) is 30.3 Å². The molecule has 1 aliphatic carbocycles. The molecule has 2 unspecified atom stereocenters. The Balaban J connectivity index is 1.55. The number of nitrogens with zero attached hydrogens (tertiary/aromatic N) is 1. The Hall–Kier alpha value is -1.55. The number of nitrogens with one attached hydrogen (secondary N) is 1. The average Bonchev–Trinajstić information content (AvgIpc) is 3.10. The lowest BCUT2D eigenvalue weighted by molar-refractivity contribution is 0.0837. The van der Waals surface area contributed by atoms with E-state index in [9.17, 15) is 4.79 Å². The summed E-state index contributed by atoms with van der Waals surface area (Å²) in [6.07, 6.45) is 4.63. The highest BCUT2D eigenvalue weighted by atomic mass is 16.5. The Bertz CT molecular complexity index is 507. The van der Waals surface area contributed by atoms with Crippen molar-refractivity contribution >= 4 is 6.03 Å². The lowest BCUT2D eigenvalue weighted by atomic mass is 9.95. The van der Waals surface area contributed by atoms with Crippen LogP contribution in [0.5, 0.6) is 0 Å². The summed E-state index contributed by atoms with van der Waals surface area (Å²) in [4.78, 5) is 14.2. The summed E-state index contributed by atoms with van der Waals surface area (Å²) in [7, 11) is 1.89. The van der Waals surface area contributed by atoms with Crippen LogP contribution in [0, 0.1) is 0 Å². The van der Waals surface area contributed by atoms with Crippen LogP contribution in [0.4, 0.5) is 4.79 Å². The fraction of sp³-hybridized carbons (Fsp3) is 0.611. The molecule has 4 nitrogen and oxygen atoms in total. The molecule has 1 N–H and O–H groups in total. The van der Waals surface area contributed by atoms with E-state index in [1.807, 2.05) is 24.9 Å². The predicted molar refractivity (Wildman–Crippen MR) is 87.0 cm³/mol. The maximum absolute atomic E-state index is 12.4. The molecule has 2 aliphatic rings. The van der Waals surface area contributed by atoms with Crippen LogP contribution in [0.2, 0.25) is 0 Å². The summed E-state index contributed by atoms with van der Waals surface area (Å²) < 4.78 is 5.64. The summed E-state index contributed by atoms with van der Waals surface area (Å²) in [5, 5.41) is 3.09. The number of carbonyl (C=O) groups excluding carboxylic acids is 1. The fourth-order valence-electron chi connectivity index (χ4n) is 3.40. The average molecular weight is 302 g/mol. The second kappa shape index (κ2) is 6.29. The molecule has 1 aliphatic heterocycles. The van der Waals surface area contributed by atoms with E-state index in [2.05, 4.69) is 29.6 Å². The molecule has 1 aromatic rings. The van der Waals surface area contributed by atoms with Gasteiger partial charge in [0.2, 0.25) is 0 Å². The van der Waals surface area contributed by atoms with Gasteiger partial charge in [0.25, 0.3) is 0 Å². The first-order chi connectivity index (χ1) is 10.6. The van der Waals surface area contributed by atoms with E-state index >= 15 is 0 Å². The van der Waals surface area contributed by atoms with Crippen molar-refractivity contribution in [1.82, 2.24) is 10.2 Å². The molecule has 22 heavy (non-hydrogen) atoms. The molecule has 3 rings (SSSR count). The number of amides is 2. The van der Waals surface area contributed by atoms with Gasteiger partial charge in [-0.25, -0.2) is 4.79 Å². The van der Waals surface area contributed by atoms with Crippen molar-refractivity contribution in [2.75, 3.05) is 20.2 Å². The predicted octanol–water partition coefficient (Wildman–Crippen LogP) is 2.93. The second-order valence-electron chi connectivity index (χ2n) is 6.79. The number of hydrogen-bond acceptors (Lipinski definition) is 2. The van der Waals surface area contributed by atoms with Crippen LogP contribution < -0.4 is 5.32 Å². The van der Waals surface area contributed by atoms with Gasteiger partial charge in [-0.3, -0.25) is 0 Å². The minimum atomic E-state index is 0.00482. The largest absolute Gasteiger partial charge is 0.376 e. The third-order valence-electron chi connectivity index (χ3n) is 5.00. The topological polar surface area (TPSA) is 41.6 Å². The zero-order valence-electron chi connectivity index (χ0n) is 13.5. The van der Waals surface area contributed by atoms with Crippen LogP contribution in [0.3, 0.4) is 0 Å². The number of carbonyl (C=O) groups is 1. The molecular weight excluding hydrogens is 276 g/mol. The number of benzene rings is 1. The maximum Gasteiger partial charge on any atom is 0.317 e. The van der Waals surface area contributed by atoms with Crippen LogP contribution >= 0.6 is 0 Å². The lowest BCUT2D eigenvalue weighted by Gasteiger charge is -2.27. The zero-order chi connectivity index (χ0) is 15.6. The minimum absolute atomic E-state index is 0.00482. The first-order valence-electron chi connectivity index (χ1n) is 8.29. The Kier molecular flexibility index (Phi) is 4.39. The molecule has 1 saturated carbocycles. The van der Waals surface area contributed by atoms with Gasteiger partial charge in [0.15, 0.2) is 0 Å². The molecule has 120 valence electrons. The lowest BCUT2D eigenvalue weighted by Crippen LogP contribution is -2.48. The number of ether oxygens (including phenoxy) is 1. The molecule has 1 aromatic carbocycles. The van der Waals surface area contributed by atoms with E-state index in [1.54, 1.807) is 0 Å². The van der Waals surface area contributed by atoms with Gasteiger partial charge in [-0.15, -0.1) is 0 Å². The zero-order valence-corrected chi connectivity index (χ0v) is 13.5. The molecule has 1 saturated heterocycles. The molecule has 2 amide bonds. The van der Waals surface area contributed by atoms with Gasteiger partial charge >= 0.3 is 6.03 Å². The van der Waals surface area contributed by atoms with Crippen molar-refractivity contribution in [3.05, 3.63) is 35.9 Å². The second-order valence-corrected chi connectivity index (χ2v) is 6.79. The van der Waals surface area contributed by atoms with Crippen molar-refractivity contribution in [2.24, 2.45) is 0 Å². The Morgan fingerprint density at radius 2 is 2.14 bits per heavy atom. The van der Waals surface area contributed by atoms with Crippen molar-refractivity contribution in [2.45, 2.75) is 50.2 Å². The highest BCUT2D eigenvalue weighted by Gasteiger charge is 2.45. The Morgan fingerprint density at radius 3 is 2.73 bits per heavy atom. The van der Waals surface area contributed by atoms with Crippen LogP contribution in [0.15, 0.2) is 30.3 Å². The van der Waals surface area contributed by atoms with Crippen LogP contribution in [0.1, 0.15) is 38.2 Å². The monoisotopic (exact) mass is 302 g/mol. The summed E-state index contributed by atoms with van der Waals surface area (Å²) in [5.74, 6) is 0. The first-order valence-corrected chi connectivity index (χ1v) is 8.29. The molecule has 1 heterocycles. The van der Waals surface area contributed by atoms with Gasteiger partial charge in [0, 0.05) is 25.6 Å². The molecule has 2 fully saturated rings. The van der Waals surface area contributed by atoms with Crippen molar-refractivity contribution < 1.29 is 9.53 Å². The summed E-state index contributed by atoms with van der Waals surface area (Å²) >= 11 is 0. The Labute approximate surface area is 132 Å². The third-order valence-corrected chi connectivity index (χ3v) is 5.00. The molecular formula is C18H26N2O2. The molecule has 4 heteroatoms. The Morgan fingerprint density at radius 1 is 1.41 bits per heavy atom. The molecule has 0 bridgehead atoms. The number of urea groups is 1. The standard InChI is InChI=1S/C18H26N2O2/c1-14(16-9-6-12-22-16)19-17(21)20(2)13-18(10-11-18)15-7-4-3-5-8-15/h3-5,7-8,14,16H,6,9-13H2,1-2H3,(H,19,21). The van der Waals surface area contributed by atoms with Crippen LogP contribution in [-0.2, 0) is 10.2 Å². The van der Waals surface area contributed by atoms with E-state index in [0.29, 0.717) is 0 Å². The van der Waals surface area contributed by atoms with Crippen molar-refractivity contribution in [3.8, 4) is 0 Å². The van der Waals surface area contributed by atoms with E-state index in [0.717, 1.165) is 38.8 Å². The third kappa shape index (κ3) is 3.27.